The first-order chi connectivity index (χ1) is 9.60. The zero-order valence-electron chi connectivity index (χ0n) is 12.8. The third kappa shape index (κ3) is 5.36. The summed E-state index contributed by atoms with van der Waals surface area (Å²) in [5.74, 6) is -0.0373. The van der Waals surface area contributed by atoms with Crippen molar-refractivity contribution in [3.05, 3.63) is 0 Å². The van der Waals surface area contributed by atoms with Gasteiger partial charge in [-0.2, -0.15) is 0 Å². The van der Waals surface area contributed by atoms with Gasteiger partial charge in [0.2, 0.25) is 5.91 Å². The molecule has 0 aromatic carbocycles. The molecular formula is C14H29N3O3. The van der Waals surface area contributed by atoms with Crippen LogP contribution < -0.4 is 5.73 Å². The van der Waals surface area contributed by atoms with Gasteiger partial charge in [0.05, 0.1) is 12.6 Å². The molecule has 0 radical (unpaired) electrons. The Morgan fingerprint density at radius 3 is 2.70 bits per heavy atom. The Balaban J connectivity index is 2.53. The van der Waals surface area contributed by atoms with E-state index in [4.69, 9.17) is 10.5 Å². The van der Waals surface area contributed by atoms with E-state index in [1.165, 1.54) is 0 Å². The van der Waals surface area contributed by atoms with Gasteiger partial charge in [0.15, 0.2) is 0 Å². The van der Waals surface area contributed by atoms with Gasteiger partial charge in [0.1, 0.15) is 0 Å². The Labute approximate surface area is 121 Å². The first-order valence-electron chi connectivity index (χ1n) is 7.44. The van der Waals surface area contributed by atoms with E-state index >= 15 is 0 Å². The minimum Gasteiger partial charge on any atom is -0.395 e. The van der Waals surface area contributed by atoms with E-state index in [9.17, 15) is 9.90 Å². The number of aliphatic hydroxyl groups excluding tert-OH is 1. The molecule has 118 valence electrons. The summed E-state index contributed by atoms with van der Waals surface area (Å²) in [7, 11) is 3.73. The van der Waals surface area contributed by atoms with Crippen LogP contribution in [-0.4, -0.2) is 79.9 Å². The lowest BCUT2D eigenvalue weighted by Gasteiger charge is -2.38. The zero-order valence-corrected chi connectivity index (χ0v) is 12.8. The number of nitrogens with zero attached hydrogens (tertiary/aromatic N) is 2. The fourth-order valence-corrected chi connectivity index (χ4v) is 2.67. The first kappa shape index (κ1) is 17.4. The van der Waals surface area contributed by atoms with Crippen molar-refractivity contribution < 1.29 is 14.6 Å². The molecule has 3 N–H and O–H groups in total. The highest BCUT2D eigenvalue weighted by atomic mass is 16.5. The number of aliphatic hydroxyl groups is 1. The normalized spacial score (nSPS) is 19.0. The highest BCUT2D eigenvalue weighted by molar-refractivity contribution is 5.82. The van der Waals surface area contributed by atoms with Crippen molar-refractivity contribution in [3.63, 3.8) is 0 Å². The first-order valence-corrected chi connectivity index (χ1v) is 7.44. The lowest BCUT2D eigenvalue weighted by molar-refractivity contribution is -0.136. The van der Waals surface area contributed by atoms with E-state index in [1.807, 2.05) is 0 Å². The van der Waals surface area contributed by atoms with Crippen LogP contribution in [0.5, 0.6) is 0 Å². The average Bonchev–Trinajstić information content (AvgIpc) is 2.45. The highest BCUT2D eigenvalue weighted by Crippen LogP contribution is 2.17. The van der Waals surface area contributed by atoms with Crippen molar-refractivity contribution in [2.75, 3.05) is 47.0 Å². The maximum Gasteiger partial charge on any atom is 0.239 e. The molecule has 0 aromatic rings. The lowest BCUT2D eigenvalue weighted by Crippen LogP contribution is -2.52. The molecule has 1 unspecified atom stereocenters. The van der Waals surface area contributed by atoms with Gasteiger partial charge in [0, 0.05) is 26.3 Å². The van der Waals surface area contributed by atoms with E-state index in [0.29, 0.717) is 19.6 Å². The number of likely N-dealkylation sites (tertiary alicyclic amines) is 1. The minimum atomic E-state index is -0.489. The minimum absolute atomic E-state index is 0.0110. The molecular weight excluding hydrogens is 258 g/mol. The number of hydrogen-bond donors (Lipinski definition) is 2. The van der Waals surface area contributed by atoms with Crippen molar-refractivity contribution >= 4 is 5.91 Å². The molecule has 20 heavy (non-hydrogen) atoms. The standard InChI is InChI=1S/C14H29N3O3/c1-16-7-5-12(6-8-16)17(9-10-18)14(19)13(15)4-3-11-20-2/h12-13,18H,3-11,15H2,1-2H3. The molecule has 1 aliphatic heterocycles. The van der Waals surface area contributed by atoms with Gasteiger partial charge in [-0.05, 0) is 45.8 Å². The molecule has 6 nitrogen and oxygen atoms in total. The summed E-state index contributed by atoms with van der Waals surface area (Å²) in [5, 5.41) is 9.20. The number of ether oxygens (including phenoxy) is 1. The van der Waals surface area contributed by atoms with Gasteiger partial charge in [-0.1, -0.05) is 0 Å². The van der Waals surface area contributed by atoms with Crippen LogP contribution in [0, 0.1) is 0 Å². The molecule has 0 aromatic heterocycles. The lowest BCUT2D eigenvalue weighted by atomic mass is 10.0. The summed E-state index contributed by atoms with van der Waals surface area (Å²) >= 11 is 0. The number of amides is 1. The van der Waals surface area contributed by atoms with Crippen LogP contribution in [0.2, 0.25) is 0 Å². The second-order valence-electron chi connectivity index (χ2n) is 5.53. The molecule has 0 saturated carbocycles. The Kier molecular flexibility index (Phi) is 8.06. The van der Waals surface area contributed by atoms with Crippen LogP contribution in [0.1, 0.15) is 25.7 Å². The van der Waals surface area contributed by atoms with Crippen LogP contribution >= 0.6 is 0 Å². The second-order valence-corrected chi connectivity index (χ2v) is 5.53. The Morgan fingerprint density at radius 2 is 2.15 bits per heavy atom. The Bertz CT molecular complexity index is 281. The van der Waals surface area contributed by atoms with Gasteiger partial charge in [0.25, 0.3) is 0 Å². The van der Waals surface area contributed by atoms with E-state index in [-0.39, 0.29) is 18.6 Å². The van der Waals surface area contributed by atoms with Crippen LogP contribution in [0.4, 0.5) is 0 Å². The van der Waals surface area contributed by atoms with Crippen LogP contribution in [0.15, 0.2) is 0 Å². The predicted molar refractivity (Wildman–Crippen MR) is 78.4 cm³/mol. The van der Waals surface area contributed by atoms with Crippen LogP contribution in [0.25, 0.3) is 0 Å². The topological polar surface area (TPSA) is 79.0 Å². The number of carbonyl (C=O) groups excluding carboxylic acids is 1. The van der Waals surface area contributed by atoms with Gasteiger partial charge in [-0.25, -0.2) is 0 Å². The van der Waals surface area contributed by atoms with E-state index in [0.717, 1.165) is 32.4 Å². The van der Waals surface area contributed by atoms with Crippen molar-refractivity contribution in [1.82, 2.24) is 9.80 Å². The molecule has 1 fully saturated rings. The maximum absolute atomic E-state index is 12.4. The Morgan fingerprint density at radius 1 is 1.50 bits per heavy atom. The van der Waals surface area contributed by atoms with Crippen molar-refractivity contribution in [2.45, 2.75) is 37.8 Å². The van der Waals surface area contributed by atoms with Gasteiger partial charge >= 0.3 is 0 Å². The average molecular weight is 287 g/mol. The summed E-state index contributed by atoms with van der Waals surface area (Å²) in [6.45, 7) is 2.96. The molecule has 0 aliphatic carbocycles. The number of carbonyl (C=O) groups is 1. The van der Waals surface area contributed by atoms with E-state index in [1.54, 1.807) is 12.0 Å². The summed E-state index contributed by atoms with van der Waals surface area (Å²) in [6, 6.07) is -0.282. The predicted octanol–water partition coefficient (Wildman–Crippen LogP) is -0.345. The van der Waals surface area contributed by atoms with E-state index in [2.05, 4.69) is 11.9 Å². The van der Waals surface area contributed by atoms with E-state index < -0.39 is 6.04 Å². The molecule has 1 aliphatic rings. The Hall–Kier alpha value is -0.690. The third-order valence-corrected chi connectivity index (χ3v) is 3.93. The molecule has 6 heteroatoms. The van der Waals surface area contributed by atoms with Crippen molar-refractivity contribution in [1.29, 1.82) is 0 Å². The number of hydrogen-bond acceptors (Lipinski definition) is 5. The van der Waals surface area contributed by atoms with Gasteiger partial charge < -0.3 is 25.4 Å². The summed E-state index contributed by atoms with van der Waals surface area (Å²) < 4.78 is 4.98. The quantitative estimate of drug-likeness (QED) is 0.597. The molecule has 1 heterocycles. The summed E-state index contributed by atoms with van der Waals surface area (Å²) in [5.41, 5.74) is 5.98. The molecule has 1 saturated heterocycles. The molecule has 0 spiro atoms. The number of nitrogens with two attached hydrogens (primary N) is 1. The van der Waals surface area contributed by atoms with Gasteiger partial charge in [-0.15, -0.1) is 0 Å². The monoisotopic (exact) mass is 287 g/mol. The SMILES string of the molecule is COCCCC(N)C(=O)N(CCO)C1CCN(C)CC1. The second kappa shape index (κ2) is 9.28. The zero-order chi connectivity index (χ0) is 15.0. The molecule has 1 atom stereocenters. The smallest absolute Gasteiger partial charge is 0.239 e. The number of methoxy groups -OCH3 is 1. The van der Waals surface area contributed by atoms with Crippen LogP contribution in [0.3, 0.4) is 0 Å². The maximum atomic E-state index is 12.4. The van der Waals surface area contributed by atoms with Crippen molar-refractivity contribution in [3.8, 4) is 0 Å². The van der Waals surface area contributed by atoms with Crippen LogP contribution in [-0.2, 0) is 9.53 Å². The summed E-state index contributed by atoms with van der Waals surface area (Å²) in [4.78, 5) is 16.5. The number of rotatable bonds is 8. The fourth-order valence-electron chi connectivity index (χ4n) is 2.67. The van der Waals surface area contributed by atoms with Crippen molar-refractivity contribution in [2.24, 2.45) is 5.73 Å². The molecule has 1 rings (SSSR count). The molecule has 1 amide bonds. The van der Waals surface area contributed by atoms with Gasteiger partial charge in [-0.3, -0.25) is 4.79 Å². The third-order valence-electron chi connectivity index (χ3n) is 3.93. The molecule has 0 bridgehead atoms. The summed E-state index contributed by atoms with van der Waals surface area (Å²) in [6.07, 6.45) is 3.31. The highest BCUT2D eigenvalue weighted by Gasteiger charge is 2.29. The largest absolute Gasteiger partial charge is 0.395 e. The fraction of sp³-hybridized carbons (Fsp3) is 0.929. The number of piperidine rings is 1.